The van der Waals surface area contributed by atoms with Crippen molar-refractivity contribution in [1.29, 1.82) is 0 Å². The van der Waals surface area contributed by atoms with E-state index in [-0.39, 0.29) is 6.04 Å². The van der Waals surface area contributed by atoms with E-state index in [1.165, 1.54) is 32.1 Å². The molecule has 3 aliphatic rings. The van der Waals surface area contributed by atoms with Gasteiger partial charge < -0.3 is 15.0 Å². The molecule has 2 aliphatic heterocycles. The van der Waals surface area contributed by atoms with E-state index >= 15 is 0 Å². The number of nitrogens with zero attached hydrogens (tertiary/aromatic N) is 1. The molecule has 0 aromatic heterocycles. The zero-order valence-electron chi connectivity index (χ0n) is 12.6. The van der Waals surface area contributed by atoms with E-state index in [0.717, 1.165) is 38.5 Å². The third kappa shape index (κ3) is 2.86. The number of hydrogen-bond donors (Lipinski definition) is 1. The zero-order chi connectivity index (χ0) is 13.9. The van der Waals surface area contributed by atoms with Crippen molar-refractivity contribution in [1.82, 2.24) is 10.2 Å². The van der Waals surface area contributed by atoms with Gasteiger partial charge in [-0.05, 0) is 57.4 Å². The van der Waals surface area contributed by atoms with Gasteiger partial charge in [-0.3, -0.25) is 4.79 Å². The summed E-state index contributed by atoms with van der Waals surface area (Å²) in [5, 5.41) is 3.23. The van der Waals surface area contributed by atoms with E-state index in [4.69, 9.17) is 4.74 Å². The van der Waals surface area contributed by atoms with Gasteiger partial charge >= 0.3 is 0 Å². The highest BCUT2D eigenvalue weighted by Crippen LogP contribution is 2.37. The van der Waals surface area contributed by atoms with Gasteiger partial charge in [-0.1, -0.05) is 6.42 Å². The lowest BCUT2D eigenvalue weighted by Gasteiger charge is -2.36. The molecule has 4 unspecified atom stereocenters. The fraction of sp³-hybridized carbons (Fsp3) is 0.938. The molecular weight excluding hydrogens is 252 g/mol. The number of fused-ring (bicyclic) bond motifs is 1. The zero-order valence-corrected chi connectivity index (χ0v) is 12.6. The number of ether oxygens (including phenoxy) is 1. The van der Waals surface area contributed by atoms with Gasteiger partial charge in [0.15, 0.2) is 0 Å². The van der Waals surface area contributed by atoms with Crippen LogP contribution in [0.3, 0.4) is 0 Å². The van der Waals surface area contributed by atoms with Gasteiger partial charge in [0, 0.05) is 19.2 Å². The maximum Gasteiger partial charge on any atom is 0.239 e. The highest BCUT2D eigenvalue weighted by atomic mass is 16.5. The van der Waals surface area contributed by atoms with Crippen LogP contribution in [-0.4, -0.2) is 49.7 Å². The van der Waals surface area contributed by atoms with Gasteiger partial charge in [0.2, 0.25) is 5.91 Å². The van der Waals surface area contributed by atoms with Crippen molar-refractivity contribution in [2.24, 2.45) is 11.8 Å². The minimum Gasteiger partial charge on any atom is -0.381 e. The van der Waals surface area contributed by atoms with Crippen LogP contribution in [0.5, 0.6) is 0 Å². The second-order valence-corrected chi connectivity index (χ2v) is 6.75. The van der Waals surface area contributed by atoms with Gasteiger partial charge in [0.1, 0.15) is 0 Å². The van der Waals surface area contributed by atoms with E-state index in [9.17, 15) is 4.79 Å². The van der Waals surface area contributed by atoms with Crippen LogP contribution < -0.4 is 5.32 Å². The number of carbonyl (C=O) groups excluding carboxylic acids is 1. The minimum absolute atomic E-state index is 0.0325. The van der Waals surface area contributed by atoms with Gasteiger partial charge in [0.25, 0.3) is 0 Å². The molecule has 4 heteroatoms. The predicted molar refractivity (Wildman–Crippen MR) is 78.5 cm³/mol. The molecule has 114 valence electrons. The van der Waals surface area contributed by atoms with E-state index < -0.39 is 0 Å². The summed E-state index contributed by atoms with van der Waals surface area (Å²) in [5.41, 5.74) is 0. The predicted octanol–water partition coefficient (Wildman–Crippen LogP) is 1.79. The van der Waals surface area contributed by atoms with Gasteiger partial charge in [-0.25, -0.2) is 0 Å². The van der Waals surface area contributed by atoms with E-state index in [2.05, 4.69) is 10.2 Å². The van der Waals surface area contributed by atoms with Crippen LogP contribution in [0.2, 0.25) is 0 Å². The first-order valence-corrected chi connectivity index (χ1v) is 8.35. The third-order valence-electron chi connectivity index (χ3n) is 5.48. The number of hydrogen-bond acceptors (Lipinski definition) is 3. The van der Waals surface area contributed by atoms with Gasteiger partial charge in [-0.2, -0.15) is 0 Å². The molecule has 2 heterocycles. The molecule has 0 aromatic carbocycles. The van der Waals surface area contributed by atoms with E-state index in [1.54, 1.807) is 0 Å². The Morgan fingerprint density at radius 2 is 2.10 bits per heavy atom. The Labute approximate surface area is 122 Å². The Morgan fingerprint density at radius 3 is 2.85 bits per heavy atom. The second kappa shape index (κ2) is 6.44. The topological polar surface area (TPSA) is 41.6 Å². The Hall–Kier alpha value is -0.610. The summed E-state index contributed by atoms with van der Waals surface area (Å²) in [6.45, 7) is 2.65. The molecule has 20 heavy (non-hydrogen) atoms. The highest BCUT2D eigenvalue weighted by Gasteiger charge is 2.40. The third-order valence-corrected chi connectivity index (χ3v) is 5.48. The SMILES string of the molecule is CNC1CCC2CCCC2N(CC2CCCOC2)C1=O. The van der Waals surface area contributed by atoms with Crippen LogP contribution in [0.15, 0.2) is 0 Å². The summed E-state index contributed by atoms with van der Waals surface area (Å²) in [4.78, 5) is 15.0. The average molecular weight is 280 g/mol. The number of rotatable bonds is 3. The highest BCUT2D eigenvalue weighted by molar-refractivity contribution is 5.82. The number of nitrogens with one attached hydrogen (secondary N) is 1. The van der Waals surface area contributed by atoms with Crippen LogP contribution >= 0.6 is 0 Å². The first-order chi connectivity index (χ1) is 9.79. The fourth-order valence-corrected chi connectivity index (χ4v) is 4.35. The van der Waals surface area contributed by atoms with Crippen LogP contribution in [-0.2, 0) is 9.53 Å². The van der Waals surface area contributed by atoms with E-state index in [1.807, 2.05) is 7.05 Å². The van der Waals surface area contributed by atoms with Crippen LogP contribution in [0.4, 0.5) is 0 Å². The fourth-order valence-electron chi connectivity index (χ4n) is 4.35. The van der Waals surface area contributed by atoms with Crippen molar-refractivity contribution >= 4 is 5.91 Å². The summed E-state index contributed by atoms with van der Waals surface area (Å²) in [7, 11) is 1.92. The molecule has 1 amide bonds. The largest absolute Gasteiger partial charge is 0.381 e. The first kappa shape index (κ1) is 14.3. The molecule has 0 spiro atoms. The molecule has 4 nitrogen and oxygen atoms in total. The van der Waals surface area contributed by atoms with Crippen molar-refractivity contribution in [3.05, 3.63) is 0 Å². The van der Waals surface area contributed by atoms with Crippen LogP contribution in [0.1, 0.15) is 44.9 Å². The maximum atomic E-state index is 12.8. The van der Waals surface area contributed by atoms with Crippen LogP contribution in [0.25, 0.3) is 0 Å². The number of carbonyl (C=O) groups is 1. The molecule has 2 saturated heterocycles. The van der Waals surface area contributed by atoms with Crippen molar-refractivity contribution in [2.75, 3.05) is 26.8 Å². The number of likely N-dealkylation sites (tertiary alicyclic amines) is 1. The summed E-state index contributed by atoms with van der Waals surface area (Å²) >= 11 is 0. The molecule has 0 bridgehead atoms. The smallest absolute Gasteiger partial charge is 0.239 e. The van der Waals surface area contributed by atoms with Crippen molar-refractivity contribution in [3.63, 3.8) is 0 Å². The Morgan fingerprint density at radius 1 is 1.20 bits per heavy atom. The van der Waals surface area contributed by atoms with Crippen molar-refractivity contribution < 1.29 is 9.53 Å². The van der Waals surface area contributed by atoms with Crippen LogP contribution in [0, 0.1) is 11.8 Å². The normalized spacial score (nSPS) is 38.6. The maximum absolute atomic E-state index is 12.8. The number of likely N-dealkylation sites (N-methyl/N-ethyl adjacent to an activating group) is 1. The molecule has 4 atom stereocenters. The van der Waals surface area contributed by atoms with Crippen molar-refractivity contribution in [3.8, 4) is 0 Å². The molecular formula is C16H28N2O2. The second-order valence-electron chi connectivity index (χ2n) is 6.75. The lowest BCUT2D eigenvalue weighted by atomic mass is 9.96. The number of amides is 1. The van der Waals surface area contributed by atoms with Crippen molar-refractivity contribution in [2.45, 2.75) is 57.0 Å². The summed E-state index contributed by atoms with van der Waals surface area (Å²) in [5.74, 6) is 1.62. The standard InChI is InChI=1S/C16H28N2O2/c1-17-14-8-7-13-5-2-6-15(13)18(16(14)19)10-12-4-3-9-20-11-12/h12-15,17H,2-11H2,1H3. The molecule has 1 aliphatic carbocycles. The minimum atomic E-state index is 0.0325. The quantitative estimate of drug-likeness (QED) is 0.857. The monoisotopic (exact) mass is 280 g/mol. The van der Waals surface area contributed by atoms with E-state index in [0.29, 0.717) is 17.9 Å². The summed E-state index contributed by atoms with van der Waals surface area (Å²) in [6.07, 6.45) is 8.40. The summed E-state index contributed by atoms with van der Waals surface area (Å²) < 4.78 is 5.60. The molecule has 1 N–H and O–H groups in total. The molecule has 3 rings (SSSR count). The molecule has 3 fully saturated rings. The molecule has 1 saturated carbocycles. The molecule has 0 aromatic rings. The summed E-state index contributed by atoms with van der Waals surface area (Å²) in [6, 6.07) is 0.535. The Bertz CT molecular complexity index is 341. The van der Waals surface area contributed by atoms with Gasteiger partial charge in [0.05, 0.1) is 12.6 Å². The Balaban J connectivity index is 1.73. The van der Waals surface area contributed by atoms with Gasteiger partial charge in [-0.15, -0.1) is 0 Å². The average Bonchev–Trinajstić information content (AvgIpc) is 2.90. The lowest BCUT2D eigenvalue weighted by Crippen LogP contribution is -2.50. The first-order valence-electron chi connectivity index (χ1n) is 8.35. The lowest BCUT2D eigenvalue weighted by molar-refractivity contribution is -0.136. The molecule has 0 radical (unpaired) electrons. The Kier molecular flexibility index (Phi) is 4.61.